The van der Waals surface area contributed by atoms with Crippen molar-refractivity contribution in [2.45, 2.75) is 65.6 Å². The highest BCUT2D eigenvalue weighted by Gasteiger charge is 2.24. The molecule has 0 radical (unpaired) electrons. The lowest BCUT2D eigenvalue weighted by Crippen LogP contribution is -2.26. The predicted molar refractivity (Wildman–Crippen MR) is 79.9 cm³/mol. The molecule has 0 spiro atoms. The fourth-order valence-electron chi connectivity index (χ4n) is 2.11. The van der Waals surface area contributed by atoms with Crippen molar-refractivity contribution in [3.63, 3.8) is 0 Å². The number of hydrogen-bond donors (Lipinski definition) is 0. The van der Waals surface area contributed by atoms with Crippen LogP contribution in [0.25, 0.3) is 0 Å². The molecule has 0 fully saturated rings. The van der Waals surface area contributed by atoms with Crippen molar-refractivity contribution >= 4 is 0 Å². The molecule has 0 N–H and O–H groups in total. The maximum atomic E-state index is 6.32. The second kappa shape index (κ2) is 7.31. The van der Waals surface area contributed by atoms with Crippen LogP contribution >= 0.6 is 0 Å². The minimum atomic E-state index is -0.224. The van der Waals surface area contributed by atoms with E-state index in [1.165, 1.54) is 11.1 Å². The summed E-state index contributed by atoms with van der Waals surface area (Å²) in [5.74, 6) is 6.05. The summed E-state index contributed by atoms with van der Waals surface area (Å²) in [6, 6.07) is 2.07. The van der Waals surface area contributed by atoms with Crippen molar-refractivity contribution in [2.24, 2.45) is 0 Å². The Hall–Kier alpha value is -1.33. The molecule has 0 aliphatic carbocycles. The Morgan fingerprint density at radius 2 is 2.16 bits per heavy atom. The van der Waals surface area contributed by atoms with E-state index in [2.05, 4.69) is 50.6 Å². The van der Waals surface area contributed by atoms with Crippen LogP contribution in [0.1, 0.15) is 64.2 Å². The highest BCUT2D eigenvalue weighted by molar-refractivity contribution is 5.24. The Morgan fingerprint density at radius 1 is 1.42 bits per heavy atom. The molecule has 104 valence electrons. The number of pyridine rings is 1. The van der Waals surface area contributed by atoms with E-state index in [0.717, 1.165) is 19.3 Å². The van der Waals surface area contributed by atoms with Crippen molar-refractivity contribution in [1.29, 1.82) is 0 Å². The average Bonchev–Trinajstić information content (AvgIpc) is 2.36. The average molecular weight is 259 g/mol. The van der Waals surface area contributed by atoms with Crippen LogP contribution in [0.3, 0.4) is 0 Å². The van der Waals surface area contributed by atoms with Gasteiger partial charge >= 0.3 is 0 Å². The monoisotopic (exact) mass is 259 g/mol. The molecule has 0 bridgehead atoms. The van der Waals surface area contributed by atoms with E-state index in [0.29, 0.717) is 0 Å². The minimum Gasteiger partial charge on any atom is -0.367 e. The molecule has 1 rings (SSSR count). The summed E-state index contributed by atoms with van der Waals surface area (Å²) in [5, 5.41) is 0. The summed E-state index contributed by atoms with van der Waals surface area (Å²) < 4.78 is 6.32. The second-order valence-electron chi connectivity index (χ2n) is 5.49. The number of rotatable bonds is 6. The van der Waals surface area contributed by atoms with E-state index >= 15 is 0 Å². The molecule has 1 aromatic heterocycles. The lowest BCUT2D eigenvalue weighted by atomic mass is 9.99. The van der Waals surface area contributed by atoms with Gasteiger partial charge in [0.15, 0.2) is 0 Å². The van der Waals surface area contributed by atoms with Crippen LogP contribution < -0.4 is 0 Å². The highest BCUT2D eigenvalue weighted by atomic mass is 16.5. The standard InChI is InChI=1S/C17H25NO/c1-6-8-11-17(4,5)19-16(9-7-2)15-10-12-18-13-14(15)3/h10,12-13,16H,7,9,11H2,1-5H3. The molecular weight excluding hydrogens is 234 g/mol. The Bertz CT molecular complexity index is 454. The Morgan fingerprint density at radius 3 is 2.74 bits per heavy atom. The first-order valence-electron chi connectivity index (χ1n) is 6.98. The van der Waals surface area contributed by atoms with Gasteiger partial charge in [0.2, 0.25) is 0 Å². The fraction of sp³-hybridized carbons (Fsp3) is 0.588. The molecule has 0 aliphatic rings. The van der Waals surface area contributed by atoms with Crippen molar-refractivity contribution in [3.05, 3.63) is 29.6 Å². The third kappa shape index (κ3) is 5.04. The molecule has 2 heteroatoms. The van der Waals surface area contributed by atoms with Crippen LogP contribution in [0.5, 0.6) is 0 Å². The molecular formula is C17H25NO. The van der Waals surface area contributed by atoms with E-state index in [1.54, 1.807) is 0 Å². The zero-order valence-corrected chi connectivity index (χ0v) is 12.8. The van der Waals surface area contributed by atoms with E-state index < -0.39 is 0 Å². The Balaban J connectivity index is 2.89. The van der Waals surface area contributed by atoms with Gasteiger partial charge in [0.05, 0.1) is 11.7 Å². The SMILES string of the molecule is CC#CCC(C)(C)OC(CCC)c1ccncc1C. The fourth-order valence-corrected chi connectivity index (χ4v) is 2.11. The predicted octanol–water partition coefficient (Wildman–Crippen LogP) is 4.44. The molecule has 0 aromatic carbocycles. The number of nitrogens with zero attached hydrogens (tertiary/aromatic N) is 1. The second-order valence-corrected chi connectivity index (χ2v) is 5.49. The van der Waals surface area contributed by atoms with Crippen LogP contribution in [0.15, 0.2) is 18.5 Å². The quantitative estimate of drug-likeness (QED) is 0.705. The Kier molecular flexibility index (Phi) is 6.05. The summed E-state index contributed by atoms with van der Waals surface area (Å²) in [7, 11) is 0. The van der Waals surface area contributed by atoms with E-state index in [-0.39, 0.29) is 11.7 Å². The first-order chi connectivity index (χ1) is 9.00. The maximum absolute atomic E-state index is 6.32. The van der Waals surface area contributed by atoms with Crippen molar-refractivity contribution in [2.75, 3.05) is 0 Å². The smallest absolute Gasteiger partial charge is 0.0836 e. The van der Waals surface area contributed by atoms with Crippen LogP contribution in [-0.4, -0.2) is 10.6 Å². The lowest BCUT2D eigenvalue weighted by molar-refractivity contribution is -0.0740. The first-order valence-corrected chi connectivity index (χ1v) is 6.98. The van der Waals surface area contributed by atoms with Gasteiger partial charge in [-0.1, -0.05) is 13.3 Å². The van der Waals surface area contributed by atoms with Gasteiger partial charge in [-0.2, -0.15) is 0 Å². The zero-order valence-electron chi connectivity index (χ0n) is 12.8. The highest BCUT2D eigenvalue weighted by Crippen LogP contribution is 2.31. The first kappa shape index (κ1) is 15.7. The van der Waals surface area contributed by atoms with Gasteiger partial charge in [0.25, 0.3) is 0 Å². The largest absolute Gasteiger partial charge is 0.367 e. The molecule has 0 amide bonds. The molecule has 1 atom stereocenters. The summed E-state index contributed by atoms with van der Waals surface area (Å²) in [4.78, 5) is 4.16. The Labute approximate surface area is 117 Å². The molecule has 0 saturated heterocycles. The van der Waals surface area contributed by atoms with Gasteiger partial charge < -0.3 is 4.74 Å². The number of aromatic nitrogens is 1. The van der Waals surface area contributed by atoms with Gasteiger partial charge in [-0.15, -0.1) is 11.8 Å². The third-order valence-electron chi connectivity index (χ3n) is 3.11. The molecule has 0 aliphatic heterocycles. The van der Waals surface area contributed by atoms with Gasteiger partial charge in [0.1, 0.15) is 0 Å². The van der Waals surface area contributed by atoms with Crippen molar-refractivity contribution < 1.29 is 4.74 Å². The van der Waals surface area contributed by atoms with Gasteiger partial charge in [-0.05, 0) is 51.3 Å². The maximum Gasteiger partial charge on any atom is 0.0836 e. The van der Waals surface area contributed by atoms with Crippen LogP contribution in [0.2, 0.25) is 0 Å². The van der Waals surface area contributed by atoms with Crippen LogP contribution in [0, 0.1) is 18.8 Å². The van der Waals surface area contributed by atoms with Crippen LogP contribution in [-0.2, 0) is 4.74 Å². The van der Waals surface area contributed by atoms with Crippen molar-refractivity contribution in [1.82, 2.24) is 4.98 Å². The molecule has 1 aromatic rings. The topological polar surface area (TPSA) is 22.1 Å². The van der Waals surface area contributed by atoms with Crippen molar-refractivity contribution in [3.8, 4) is 11.8 Å². The van der Waals surface area contributed by atoms with Gasteiger partial charge in [-0.3, -0.25) is 4.98 Å². The zero-order chi connectivity index (χ0) is 14.3. The number of ether oxygens (including phenoxy) is 1. The van der Waals surface area contributed by atoms with E-state index in [4.69, 9.17) is 4.74 Å². The molecule has 0 saturated carbocycles. The van der Waals surface area contributed by atoms with Gasteiger partial charge in [0, 0.05) is 18.8 Å². The normalized spacial score (nSPS) is 12.7. The number of aryl methyl sites for hydroxylation is 1. The minimum absolute atomic E-state index is 0.127. The lowest BCUT2D eigenvalue weighted by Gasteiger charge is -2.30. The van der Waals surface area contributed by atoms with E-state index in [9.17, 15) is 0 Å². The van der Waals surface area contributed by atoms with Crippen LogP contribution in [0.4, 0.5) is 0 Å². The molecule has 19 heavy (non-hydrogen) atoms. The summed E-state index contributed by atoms with van der Waals surface area (Å²) in [6.07, 6.45) is 6.75. The molecule has 2 nitrogen and oxygen atoms in total. The van der Waals surface area contributed by atoms with Gasteiger partial charge in [-0.25, -0.2) is 0 Å². The summed E-state index contributed by atoms with van der Waals surface area (Å²) in [6.45, 7) is 10.4. The number of hydrogen-bond acceptors (Lipinski definition) is 2. The third-order valence-corrected chi connectivity index (χ3v) is 3.11. The van der Waals surface area contributed by atoms with E-state index in [1.807, 2.05) is 19.3 Å². The molecule has 1 heterocycles. The summed E-state index contributed by atoms with van der Waals surface area (Å²) in [5.41, 5.74) is 2.21. The molecule has 1 unspecified atom stereocenters. The summed E-state index contributed by atoms with van der Waals surface area (Å²) >= 11 is 0.